The number of aryl methyl sites for hydroxylation is 1. The summed E-state index contributed by atoms with van der Waals surface area (Å²) in [6, 6.07) is 9.30. The molecule has 0 atom stereocenters. The average molecular weight is 291 g/mol. The highest BCUT2D eigenvalue weighted by Crippen LogP contribution is 2.23. The van der Waals surface area contributed by atoms with Crippen LogP contribution in [0.2, 0.25) is 0 Å². The quantitative estimate of drug-likeness (QED) is 0.809. The van der Waals surface area contributed by atoms with Crippen LogP contribution in [0.3, 0.4) is 0 Å². The number of hydrogen-bond acceptors (Lipinski definition) is 5. The summed E-state index contributed by atoms with van der Waals surface area (Å²) in [5.74, 6) is -0.732. The van der Waals surface area contributed by atoms with E-state index in [1.165, 1.54) is 37.6 Å². The zero-order chi connectivity index (χ0) is 14.8. The highest BCUT2D eigenvalue weighted by Gasteiger charge is 2.26. The lowest BCUT2D eigenvalue weighted by molar-refractivity contribution is 0.0595. The number of pyridine rings is 1. The van der Waals surface area contributed by atoms with Crippen molar-refractivity contribution in [3.63, 3.8) is 0 Å². The molecule has 6 heteroatoms. The molecule has 0 aliphatic heterocycles. The van der Waals surface area contributed by atoms with E-state index in [0.29, 0.717) is 0 Å². The molecule has 0 saturated carbocycles. The summed E-state index contributed by atoms with van der Waals surface area (Å²) >= 11 is 0. The fourth-order valence-corrected chi connectivity index (χ4v) is 3.23. The molecule has 1 aromatic heterocycles. The van der Waals surface area contributed by atoms with Gasteiger partial charge in [-0.25, -0.2) is 18.2 Å². The van der Waals surface area contributed by atoms with Gasteiger partial charge >= 0.3 is 5.97 Å². The maximum Gasteiger partial charge on any atom is 0.340 e. The molecule has 5 nitrogen and oxygen atoms in total. The van der Waals surface area contributed by atoms with Gasteiger partial charge in [-0.3, -0.25) is 0 Å². The number of nitrogens with zero attached hydrogens (tertiary/aromatic N) is 1. The molecule has 0 aliphatic carbocycles. The second kappa shape index (κ2) is 5.42. The molecule has 0 aliphatic rings. The Hall–Kier alpha value is -2.21. The molecule has 0 spiro atoms. The summed E-state index contributed by atoms with van der Waals surface area (Å²) < 4.78 is 29.7. The minimum atomic E-state index is -3.86. The minimum Gasteiger partial charge on any atom is -0.465 e. The van der Waals surface area contributed by atoms with Gasteiger partial charge in [-0.1, -0.05) is 12.1 Å². The van der Waals surface area contributed by atoms with E-state index in [0.717, 1.165) is 5.56 Å². The van der Waals surface area contributed by atoms with Gasteiger partial charge in [0.15, 0.2) is 5.03 Å². The third kappa shape index (κ3) is 2.55. The lowest BCUT2D eigenvalue weighted by Gasteiger charge is -2.08. The van der Waals surface area contributed by atoms with Crippen LogP contribution in [-0.4, -0.2) is 26.5 Å². The van der Waals surface area contributed by atoms with Gasteiger partial charge in [0.25, 0.3) is 0 Å². The van der Waals surface area contributed by atoms with E-state index in [1.54, 1.807) is 19.1 Å². The number of carbonyl (C=O) groups is 1. The first-order chi connectivity index (χ1) is 9.46. The molecular weight excluding hydrogens is 278 g/mol. The molecular formula is C14H13NO4S. The molecule has 0 bridgehead atoms. The smallest absolute Gasteiger partial charge is 0.340 e. The third-order valence-electron chi connectivity index (χ3n) is 2.73. The van der Waals surface area contributed by atoms with E-state index < -0.39 is 15.8 Å². The van der Waals surface area contributed by atoms with Crippen LogP contribution in [0, 0.1) is 6.92 Å². The van der Waals surface area contributed by atoms with Crippen molar-refractivity contribution in [1.82, 2.24) is 4.98 Å². The number of methoxy groups -OCH3 is 1. The first-order valence-electron chi connectivity index (χ1n) is 5.82. The molecule has 0 radical (unpaired) electrons. The molecule has 0 amide bonds. The number of esters is 1. The first kappa shape index (κ1) is 14.2. The van der Waals surface area contributed by atoms with Crippen LogP contribution in [0.25, 0.3) is 0 Å². The maximum absolute atomic E-state index is 12.6. The van der Waals surface area contributed by atoms with Crippen LogP contribution < -0.4 is 0 Å². The van der Waals surface area contributed by atoms with Gasteiger partial charge in [-0.2, -0.15) is 0 Å². The SMILES string of the molecule is COC(=O)c1cccnc1S(=O)(=O)c1cccc(C)c1. The summed E-state index contributed by atoms with van der Waals surface area (Å²) in [6.45, 7) is 1.79. The van der Waals surface area contributed by atoms with Gasteiger partial charge in [0.2, 0.25) is 9.84 Å². The molecule has 0 fully saturated rings. The average Bonchev–Trinajstić information content (AvgIpc) is 2.46. The van der Waals surface area contributed by atoms with Crippen molar-refractivity contribution in [1.29, 1.82) is 0 Å². The molecule has 104 valence electrons. The number of sulfone groups is 1. The minimum absolute atomic E-state index is 0.0727. The van der Waals surface area contributed by atoms with Crippen molar-refractivity contribution < 1.29 is 17.9 Å². The van der Waals surface area contributed by atoms with Gasteiger partial charge in [0.1, 0.15) is 0 Å². The molecule has 1 heterocycles. The monoisotopic (exact) mass is 291 g/mol. The third-order valence-corrected chi connectivity index (χ3v) is 4.44. The van der Waals surface area contributed by atoms with E-state index in [-0.39, 0.29) is 15.5 Å². The normalized spacial score (nSPS) is 11.1. The predicted octanol–water partition coefficient (Wildman–Crippen LogP) is 2.01. The summed E-state index contributed by atoms with van der Waals surface area (Å²) in [7, 11) is -2.67. The molecule has 20 heavy (non-hydrogen) atoms. The number of benzene rings is 1. The topological polar surface area (TPSA) is 73.3 Å². The number of ether oxygens (including phenoxy) is 1. The molecule has 0 saturated heterocycles. The maximum atomic E-state index is 12.6. The van der Waals surface area contributed by atoms with Crippen molar-refractivity contribution in [3.8, 4) is 0 Å². The van der Waals surface area contributed by atoms with Crippen molar-refractivity contribution >= 4 is 15.8 Å². The van der Waals surface area contributed by atoms with Crippen LogP contribution in [0.15, 0.2) is 52.5 Å². The van der Waals surface area contributed by atoms with Crippen molar-refractivity contribution in [2.24, 2.45) is 0 Å². The highest BCUT2D eigenvalue weighted by molar-refractivity contribution is 7.91. The molecule has 0 N–H and O–H groups in total. The Kier molecular flexibility index (Phi) is 3.85. The predicted molar refractivity (Wildman–Crippen MR) is 72.2 cm³/mol. The second-order valence-electron chi connectivity index (χ2n) is 4.17. The number of rotatable bonds is 3. The number of carbonyl (C=O) groups excluding carboxylic acids is 1. The first-order valence-corrected chi connectivity index (χ1v) is 7.30. The summed E-state index contributed by atoms with van der Waals surface area (Å²) in [6.07, 6.45) is 1.33. The van der Waals surface area contributed by atoms with Gasteiger partial charge in [-0.15, -0.1) is 0 Å². The standard InChI is InChI=1S/C14H13NO4S/c1-10-5-3-6-11(9-10)20(17,18)13-12(14(16)19-2)7-4-8-15-13/h3-9H,1-2H3. The van der Waals surface area contributed by atoms with Crippen LogP contribution in [0.1, 0.15) is 15.9 Å². The fourth-order valence-electron chi connectivity index (χ4n) is 1.76. The van der Waals surface area contributed by atoms with Gasteiger partial charge in [-0.05, 0) is 36.8 Å². The van der Waals surface area contributed by atoms with E-state index in [1.807, 2.05) is 0 Å². The Labute approximate surface area is 117 Å². The Balaban J connectivity index is 2.64. The lowest BCUT2D eigenvalue weighted by atomic mass is 10.2. The summed E-state index contributed by atoms with van der Waals surface area (Å²) in [4.78, 5) is 15.6. The Morgan fingerprint density at radius 3 is 2.60 bits per heavy atom. The van der Waals surface area contributed by atoms with Crippen molar-refractivity contribution in [3.05, 3.63) is 53.7 Å². The summed E-state index contributed by atoms with van der Waals surface area (Å²) in [5, 5.41) is -0.294. The fraction of sp³-hybridized carbons (Fsp3) is 0.143. The highest BCUT2D eigenvalue weighted by atomic mass is 32.2. The van der Waals surface area contributed by atoms with Gasteiger partial charge in [0, 0.05) is 6.20 Å². The van der Waals surface area contributed by atoms with E-state index in [2.05, 4.69) is 9.72 Å². The lowest BCUT2D eigenvalue weighted by Crippen LogP contribution is -2.13. The second-order valence-corrected chi connectivity index (χ2v) is 6.03. The van der Waals surface area contributed by atoms with Crippen LogP contribution in [-0.2, 0) is 14.6 Å². The molecule has 2 rings (SSSR count). The van der Waals surface area contributed by atoms with Crippen LogP contribution >= 0.6 is 0 Å². The van der Waals surface area contributed by atoms with Crippen molar-refractivity contribution in [2.45, 2.75) is 16.8 Å². The largest absolute Gasteiger partial charge is 0.465 e. The molecule has 0 unspecified atom stereocenters. The van der Waals surface area contributed by atoms with E-state index >= 15 is 0 Å². The van der Waals surface area contributed by atoms with Gasteiger partial charge < -0.3 is 4.74 Å². The van der Waals surface area contributed by atoms with Gasteiger partial charge in [0.05, 0.1) is 17.6 Å². The number of aromatic nitrogens is 1. The Bertz CT molecular complexity index is 753. The Morgan fingerprint density at radius 1 is 1.20 bits per heavy atom. The summed E-state index contributed by atoms with van der Waals surface area (Å²) in [5.41, 5.74) is 0.734. The van der Waals surface area contributed by atoms with Crippen LogP contribution in [0.5, 0.6) is 0 Å². The van der Waals surface area contributed by atoms with E-state index in [4.69, 9.17) is 0 Å². The molecule has 2 aromatic rings. The molecule has 1 aromatic carbocycles. The van der Waals surface area contributed by atoms with Crippen molar-refractivity contribution in [2.75, 3.05) is 7.11 Å². The zero-order valence-electron chi connectivity index (χ0n) is 11.0. The van der Waals surface area contributed by atoms with Crippen LogP contribution in [0.4, 0.5) is 0 Å². The number of hydrogen-bond donors (Lipinski definition) is 0. The van der Waals surface area contributed by atoms with E-state index in [9.17, 15) is 13.2 Å². The Morgan fingerprint density at radius 2 is 1.95 bits per heavy atom. The zero-order valence-corrected chi connectivity index (χ0v) is 11.8.